The highest BCUT2D eigenvalue weighted by molar-refractivity contribution is 5.76. The molecule has 0 unspecified atom stereocenters. The lowest BCUT2D eigenvalue weighted by Crippen LogP contribution is -2.64. The Morgan fingerprint density at radius 1 is 0.815 bits per heavy atom. The van der Waals surface area contributed by atoms with Gasteiger partial charge in [-0.25, -0.2) is 0 Å². The third-order valence-corrected chi connectivity index (χ3v) is 8.21. The van der Waals surface area contributed by atoms with E-state index in [4.69, 9.17) is 19.6 Å². The molecule has 6 saturated carbocycles. The number of carbonyl (C=O) groups excluding carboxylic acids is 1. The molecule has 7 rings (SSSR count). The van der Waals surface area contributed by atoms with Crippen LogP contribution in [-0.2, 0) is 24.3 Å². The van der Waals surface area contributed by atoms with Crippen molar-refractivity contribution in [1.29, 1.82) is 0 Å². The summed E-state index contributed by atoms with van der Waals surface area (Å²) < 4.78 is 0. The van der Waals surface area contributed by atoms with Gasteiger partial charge in [0.15, 0.2) is 0 Å². The molecule has 0 aromatic carbocycles. The number of hydrogen-bond acceptors (Lipinski definition) is 5. The summed E-state index contributed by atoms with van der Waals surface area (Å²) in [6.45, 7) is 0. The summed E-state index contributed by atoms with van der Waals surface area (Å²) in [6, 6.07) is 0.441. The van der Waals surface area contributed by atoms with E-state index in [0.717, 1.165) is 50.4 Å². The van der Waals surface area contributed by atoms with E-state index in [0.29, 0.717) is 30.2 Å². The standard InChI is InChI=1S/C21H31NO5/c23-19(22-18-1-2-18)12-13-3-5-20(6-4-13)24-26-21(27-25-20)16-8-14-7-15(10-16)11-17(21)9-14/h13-18H,1-12H2,(H,22,23). The average molecular weight is 377 g/mol. The highest BCUT2D eigenvalue weighted by Crippen LogP contribution is 2.61. The second-order valence-electron chi connectivity index (χ2n) is 10.3. The van der Waals surface area contributed by atoms with Crippen LogP contribution in [0.15, 0.2) is 0 Å². The molecule has 6 aliphatic carbocycles. The zero-order valence-electron chi connectivity index (χ0n) is 16.0. The number of amides is 1. The van der Waals surface area contributed by atoms with Gasteiger partial charge in [-0.2, -0.15) is 19.6 Å². The van der Waals surface area contributed by atoms with Crippen LogP contribution in [0.4, 0.5) is 0 Å². The molecule has 0 aromatic rings. The van der Waals surface area contributed by atoms with Crippen molar-refractivity contribution in [1.82, 2.24) is 5.32 Å². The fourth-order valence-electron chi connectivity index (χ4n) is 6.69. The first-order chi connectivity index (χ1) is 13.1. The van der Waals surface area contributed by atoms with Crippen LogP contribution in [0.1, 0.15) is 77.0 Å². The van der Waals surface area contributed by atoms with Crippen LogP contribution < -0.4 is 5.32 Å². The molecule has 2 spiro atoms. The number of carbonyl (C=O) groups is 1. The van der Waals surface area contributed by atoms with E-state index in [2.05, 4.69) is 5.32 Å². The molecule has 7 fully saturated rings. The van der Waals surface area contributed by atoms with Gasteiger partial charge in [0.25, 0.3) is 0 Å². The lowest BCUT2D eigenvalue weighted by Gasteiger charge is -2.60. The SMILES string of the molecule is O=C(CC1CCC2(CC1)OOC1(OO2)C2CC3CC(C2)CC1C3)NC1CC1. The average Bonchev–Trinajstić information content (AvgIpc) is 3.47. The molecule has 0 aromatic heterocycles. The Morgan fingerprint density at radius 3 is 1.96 bits per heavy atom. The fourth-order valence-corrected chi connectivity index (χ4v) is 6.69. The molecule has 1 saturated heterocycles. The van der Waals surface area contributed by atoms with E-state index >= 15 is 0 Å². The molecule has 6 nitrogen and oxygen atoms in total. The van der Waals surface area contributed by atoms with Gasteiger partial charge in [-0.3, -0.25) is 4.79 Å². The smallest absolute Gasteiger partial charge is 0.239 e. The maximum Gasteiger partial charge on any atom is 0.239 e. The molecular formula is C21H31NO5. The van der Waals surface area contributed by atoms with Crippen molar-refractivity contribution in [3.8, 4) is 0 Å². The number of hydrogen-bond donors (Lipinski definition) is 1. The molecule has 1 N–H and O–H groups in total. The van der Waals surface area contributed by atoms with E-state index in [-0.39, 0.29) is 5.91 Å². The lowest BCUT2D eigenvalue weighted by atomic mass is 9.53. The van der Waals surface area contributed by atoms with Crippen molar-refractivity contribution >= 4 is 5.91 Å². The topological polar surface area (TPSA) is 66.0 Å². The summed E-state index contributed by atoms with van der Waals surface area (Å²) in [6.07, 6.45) is 12.3. The van der Waals surface area contributed by atoms with Gasteiger partial charge in [-0.05, 0) is 75.5 Å². The molecule has 150 valence electrons. The van der Waals surface area contributed by atoms with Crippen LogP contribution >= 0.6 is 0 Å². The minimum absolute atomic E-state index is 0.198. The Balaban J connectivity index is 1.05. The summed E-state index contributed by atoms with van der Waals surface area (Å²) in [5, 5.41) is 3.09. The van der Waals surface area contributed by atoms with E-state index in [1.165, 1.54) is 32.1 Å². The van der Waals surface area contributed by atoms with Crippen molar-refractivity contribution in [3.63, 3.8) is 0 Å². The summed E-state index contributed by atoms with van der Waals surface area (Å²) in [4.78, 5) is 36.2. The zero-order chi connectivity index (χ0) is 18.1. The van der Waals surface area contributed by atoms with Crippen LogP contribution in [0.2, 0.25) is 0 Å². The lowest BCUT2D eigenvalue weighted by molar-refractivity contribution is -0.680. The molecule has 1 aliphatic heterocycles. The number of nitrogens with one attached hydrogen (secondary N) is 1. The minimum Gasteiger partial charge on any atom is -0.353 e. The van der Waals surface area contributed by atoms with Crippen LogP contribution in [-0.4, -0.2) is 23.5 Å². The van der Waals surface area contributed by atoms with Gasteiger partial charge in [0.1, 0.15) is 0 Å². The monoisotopic (exact) mass is 377 g/mol. The molecule has 4 bridgehead atoms. The van der Waals surface area contributed by atoms with Crippen LogP contribution in [0.25, 0.3) is 0 Å². The molecule has 1 heterocycles. The Hall–Kier alpha value is -0.690. The van der Waals surface area contributed by atoms with Gasteiger partial charge < -0.3 is 5.32 Å². The predicted molar refractivity (Wildman–Crippen MR) is 94.6 cm³/mol. The van der Waals surface area contributed by atoms with Gasteiger partial charge in [-0.1, -0.05) is 0 Å². The third-order valence-electron chi connectivity index (χ3n) is 8.21. The van der Waals surface area contributed by atoms with E-state index < -0.39 is 11.6 Å². The van der Waals surface area contributed by atoms with Gasteiger partial charge >= 0.3 is 0 Å². The molecule has 27 heavy (non-hydrogen) atoms. The largest absolute Gasteiger partial charge is 0.353 e. The first-order valence-corrected chi connectivity index (χ1v) is 11.2. The molecule has 6 heteroatoms. The highest BCUT2D eigenvalue weighted by atomic mass is 17.4. The Kier molecular flexibility index (Phi) is 3.92. The first kappa shape index (κ1) is 17.2. The molecule has 0 radical (unpaired) electrons. The van der Waals surface area contributed by atoms with Gasteiger partial charge in [-0.15, -0.1) is 0 Å². The molecular weight excluding hydrogens is 346 g/mol. The van der Waals surface area contributed by atoms with Crippen LogP contribution in [0, 0.1) is 29.6 Å². The predicted octanol–water partition coefficient (Wildman–Crippen LogP) is 3.60. The highest BCUT2D eigenvalue weighted by Gasteiger charge is 2.64. The van der Waals surface area contributed by atoms with Crippen molar-refractivity contribution in [2.75, 3.05) is 0 Å². The summed E-state index contributed by atoms with van der Waals surface area (Å²) in [5.41, 5.74) is 0. The maximum absolute atomic E-state index is 12.1. The summed E-state index contributed by atoms with van der Waals surface area (Å²) >= 11 is 0. The van der Waals surface area contributed by atoms with E-state index in [9.17, 15) is 4.79 Å². The number of rotatable bonds is 3. The van der Waals surface area contributed by atoms with E-state index in [1.807, 2.05) is 0 Å². The second-order valence-corrected chi connectivity index (χ2v) is 10.3. The van der Waals surface area contributed by atoms with Crippen LogP contribution in [0.3, 0.4) is 0 Å². The van der Waals surface area contributed by atoms with Crippen LogP contribution in [0.5, 0.6) is 0 Å². The third kappa shape index (κ3) is 2.95. The van der Waals surface area contributed by atoms with Gasteiger partial charge in [0.2, 0.25) is 17.5 Å². The zero-order valence-corrected chi connectivity index (χ0v) is 16.0. The first-order valence-electron chi connectivity index (χ1n) is 11.2. The van der Waals surface area contributed by atoms with Crippen molar-refractivity contribution < 1.29 is 24.3 Å². The molecule has 7 aliphatic rings. The maximum atomic E-state index is 12.1. The minimum atomic E-state index is -0.774. The van der Waals surface area contributed by atoms with Crippen molar-refractivity contribution in [2.45, 2.75) is 94.7 Å². The Morgan fingerprint density at radius 2 is 1.41 bits per heavy atom. The quantitative estimate of drug-likeness (QED) is 0.761. The Labute approximate surface area is 160 Å². The molecule has 0 atom stereocenters. The summed E-state index contributed by atoms with van der Waals surface area (Å²) in [5.74, 6) is 1.67. The van der Waals surface area contributed by atoms with E-state index in [1.54, 1.807) is 0 Å². The molecule has 1 amide bonds. The van der Waals surface area contributed by atoms with Gasteiger partial charge in [0.05, 0.1) is 0 Å². The summed E-state index contributed by atoms with van der Waals surface area (Å²) in [7, 11) is 0. The van der Waals surface area contributed by atoms with Crippen molar-refractivity contribution in [3.05, 3.63) is 0 Å². The normalized spacial score (nSPS) is 51.0. The van der Waals surface area contributed by atoms with Crippen molar-refractivity contribution in [2.24, 2.45) is 29.6 Å². The Bertz CT molecular complexity index is 570. The fraction of sp³-hybridized carbons (Fsp3) is 0.952. The van der Waals surface area contributed by atoms with Gasteiger partial charge in [0, 0.05) is 37.1 Å². The second kappa shape index (κ2) is 6.15.